The van der Waals surface area contributed by atoms with Gasteiger partial charge in [0, 0.05) is 11.6 Å². The predicted molar refractivity (Wildman–Crippen MR) is 87.1 cm³/mol. The summed E-state index contributed by atoms with van der Waals surface area (Å²) in [6, 6.07) is 8.58. The highest BCUT2D eigenvalue weighted by Crippen LogP contribution is 2.16. The standard InChI is InChI=1S/C17H19NO6/c1-4-23-16(20)15(17(21)24-5-2)18-13(11-14(19)22-3)12-9-7-6-8-10-12/h6-11H,4-5H2,1-3H3/b13-11+. The van der Waals surface area contributed by atoms with Crippen molar-refractivity contribution >= 4 is 29.3 Å². The van der Waals surface area contributed by atoms with Crippen LogP contribution in [0.3, 0.4) is 0 Å². The van der Waals surface area contributed by atoms with Gasteiger partial charge in [0.05, 0.1) is 26.0 Å². The van der Waals surface area contributed by atoms with Crippen LogP contribution in [0.4, 0.5) is 0 Å². The molecule has 128 valence electrons. The van der Waals surface area contributed by atoms with E-state index in [1.807, 2.05) is 0 Å². The highest BCUT2D eigenvalue weighted by atomic mass is 16.6. The van der Waals surface area contributed by atoms with Crippen LogP contribution in [-0.4, -0.2) is 43.9 Å². The molecule has 0 amide bonds. The molecule has 24 heavy (non-hydrogen) atoms. The molecule has 7 heteroatoms. The predicted octanol–water partition coefficient (Wildman–Crippen LogP) is 1.77. The van der Waals surface area contributed by atoms with Crippen molar-refractivity contribution in [2.75, 3.05) is 20.3 Å². The molecule has 0 radical (unpaired) electrons. The van der Waals surface area contributed by atoms with E-state index in [9.17, 15) is 14.4 Å². The van der Waals surface area contributed by atoms with Crippen LogP contribution in [0.15, 0.2) is 41.4 Å². The molecule has 0 aliphatic heterocycles. The number of hydrogen-bond donors (Lipinski definition) is 0. The maximum absolute atomic E-state index is 12.0. The van der Waals surface area contributed by atoms with E-state index in [1.165, 1.54) is 7.11 Å². The van der Waals surface area contributed by atoms with Crippen molar-refractivity contribution in [2.45, 2.75) is 13.8 Å². The molecule has 0 N–H and O–H groups in total. The Balaban J connectivity index is 3.38. The van der Waals surface area contributed by atoms with Crippen molar-refractivity contribution in [2.24, 2.45) is 4.99 Å². The normalized spacial score (nSPS) is 10.5. The summed E-state index contributed by atoms with van der Waals surface area (Å²) in [6.45, 7) is 3.34. The van der Waals surface area contributed by atoms with E-state index in [4.69, 9.17) is 9.47 Å². The van der Waals surface area contributed by atoms with Gasteiger partial charge in [-0.1, -0.05) is 30.3 Å². The first-order valence-electron chi connectivity index (χ1n) is 7.31. The summed E-state index contributed by atoms with van der Waals surface area (Å²) in [5, 5.41) is 0. The van der Waals surface area contributed by atoms with Gasteiger partial charge in [-0.3, -0.25) is 0 Å². The van der Waals surface area contributed by atoms with E-state index in [0.717, 1.165) is 6.08 Å². The van der Waals surface area contributed by atoms with E-state index < -0.39 is 23.6 Å². The van der Waals surface area contributed by atoms with Crippen molar-refractivity contribution in [3.63, 3.8) is 0 Å². The van der Waals surface area contributed by atoms with Crippen LogP contribution in [0.5, 0.6) is 0 Å². The molecule has 0 aliphatic rings. The quantitative estimate of drug-likeness (QED) is 0.248. The van der Waals surface area contributed by atoms with Crippen LogP contribution in [0.2, 0.25) is 0 Å². The maximum atomic E-state index is 12.0. The van der Waals surface area contributed by atoms with Crippen LogP contribution in [-0.2, 0) is 28.6 Å². The van der Waals surface area contributed by atoms with Gasteiger partial charge in [-0.05, 0) is 13.8 Å². The number of benzene rings is 1. The van der Waals surface area contributed by atoms with Crippen molar-refractivity contribution in [1.82, 2.24) is 0 Å². The van der Waals surface area contributed by atoms with Crippen molar-refractivity contribution < 1.29 is 28.6 Å². The largest absolute Gasteiger partial charge is 0.466 e. The third-order valence-corrected chi connectivity index (χ3v) is 2.70. The zero-order chi connectivity index (χ0) is 17.9. The fourth-order valence-corrected chi connectivity index (χ4v) is 1.65. The molecule has 1 aromatic carbocycles. The van der Waals surface area contributed by atoms with Gasteiger partial charge in [-0.15, -0.1) is 0 Å². The van der Waals surface area contributed by atoms with E-state index >= 15 is 0 Å². The van der Waals surface area contributed by atoms with E-state index in [-0.39, 0.29) is 18.9 Å². The van der Waals surface area contributed by atoms with Gasteiger partial charge in [-0.25, -0.2) is 19.4 Å². The number of carbonyl (C=O) groups is 3. The summed E-state index contributed by atoms with van der Waals surface area (Å²) in [5.74, 6) is -2.53. The number of methoxy groups -OCH3 is 1. The van der Waals surface area contributed by atoms with Crippen LogP contribution in [0, 0.1) is 0 Å². The fraction of sp³-hybridized carbons (Fsp3) is 0.294. The average molecular weight is 333 g/mol. The molecular formula is C17H19NO6. The summed E-state index contributed by atoms with van der Waals surface area (Å²) in [6.07, 6.45) is 1.08. The molecule has 1 rings (SSSR count). The second kappa shape index (κ2) is 9.94. The van der Waals surface area contributed by atoms with Crippen LogP contribution < -0.4 is 0 Å². The van der Waals surface area contributed by atoms with Gasteiger partial charge in [-0.2, -0.15) is 0 Å². The molecule has 0 unspecified atom stereocenters. The number of ether oxygens (including phenoxy) is 3. The number of hydrogen-bond acceptors (Lipinski definition) is 7. The maximum Gasteiger partial charge on any atom is 0.364 e. The molecule has 0 bridgehead atoms. The van der Waals surface area contributed by atoms with Gasteiger partial charge in [0.2, 0.25) is 5.71 Å². The zero-order valence-corrected chi connectivity index (χ0v) is 13.8. The van der Waals surface area contributed by atoms with Gasteiger partial charge < -0.3 is 14.2 Å². The summed E-state index contributed by atoms with van der Waals surface area (Å²) in [4.78, 5) is 39.5. The SMILES string of the molecule is CCOC(=O)C(=N/C(=C/C(=O)OC)c1ccccc1)C(=O)OCC. The lowest BCUT2D eigenvalue weighted by atomic mass is 10.1. The van der Waals surface area contributed by atoms with Crippen LogP contribution in [0.25, 0.3) is 5.70 Å². The number of carbonyl (C=O) groups excluding carboxylic acids is 3. The highest BCUT2D eigenvalue weighted by Gasteiger charge is 2.24. The molecule has 7 nitrogen and oxygen atoms in total. The van der Waals surface area contributed by atoms with Crippen molar-refractivity contribution in [3.8, 4) is 0 Å². The monoisotopic (exact) mass is 333 g/mol. The second-order valence-electron chi connectivity index (χ2n) is 4.32. The van der Waals surface area contributed by atoms with E-state index in [2.05, 4.69) is 9.73 Å². The Kier molecular flexibility index (Phi) is 7.90. The lowest BCUT2D eigenvalue weighted by Crippen LogP contribution is -2.28. The first kappa shape index (κ1) is 19.1. The number of esters is 3. The molecule has 0 saturated heterocycles. The molecule has 0 saturated carbocycles. The molecule has 0 aliphatic carbocycles. The molecule has 0 aromatic heterocycles. The summed E-state index contributed by atoms with van der Waals surface area (Å²) >= 11 is 0. The van der Waals surface area contributed by atoms with Gasteiger partial charge in [0.25, 0.3) is 0 Å². The van der Waals surface area contributed by atoms with E-state index in [1.54, 1.807) is 44.2 Å². The highest BCUT2D eigenvalue weighted by molar-refractivity contribution is 6.63. The third kappa shape index (κ3) is 5.68. The minimum Gasteiger partial charge on any atom is -0.466 e. The zero-order valence-electron chi connectivity index (χ0n) is 13.8. The molecule has 0 atom stereocenters. The molecule has 0 fully saturated rings. The van der Waals surface area contributed by atoms with Gasteiger partial charge >= 0.3 is 17.9 Å². The minimum atomic E-state index is -0.928. The second-order valence-corrected chi connectivity index (χ2v) is 4.32. The Hall–Kier alpha value is -2.96. The molecule has 0 heterocycles. The Morgan fingerprint density at radius 1 is 1.00 bits per heavy atom. The summed E-state index contributed by atoms with van der Waals surface area (Å²) in [7, 11) is 1.21. The Morgan fingerprint density at radius 3 is 2.00 bits per heavy atom. The Morgan fingerprint density at radius 2 is 1.54 bits per heavy atom. The average Bonchev–Trinajstić information content (AvgIpc) is 2.59. The van der Waals surface area contributed by atoms with Crippen LogP contribution in [0.1, 0.15) is 19.4 Å². The van der Waals surface area contributed by atoms with Gasteiger partial charge in [0.15, 0.2) is 0 Å². The molecular weight excluding hydrogens is 314 g/mol. The lowest BCUT2D eigenvalue weighted by Gasteiger charge is -2.08. The molecule has 0 spiro atoms. The number of rotatable bonds is 7. The number of aliphatic imine (C=N–C) groups is 1. The first-order chi connectivity index (χ1) is 11.5. The topological polar surface area (TPSA) is 91.3 Å². The minimum absolute atomic E-state index is 0.0681. The smallest absolute Gasteiger partial charge is 0.364 e. The Labute approximate surface area is 139 Å². The fourth-order valence-electron chi connectivity index (χ4n) is 1.65. The summed E-state index contributed by atoms with van der Waals surface area (Å²) in [5.41, 5.74) is 0.0604. The Bertz CT molecular complexity index is 628. The summed E-state index contributed by atoms with van der Waals surface area (Å²) < 4.78 is 14.2. The van der Waals surface area contributed by atoms with Crippen molar-refractivity contribution in [1.29, 1.82) is 0 Å². The first-order valence-corrected chi connectivity index (χ1v) is 7.31. The van der Waals surface area contributed by atoms with E-state index in [0.29, 0.717) is 5.56 Å². The van der Waals surface area contributed by atoms with Gasteiger partial charge in [0.1, 0.15) is 0 Å². The molecule has 1 aromatic rings. The number of nitrogens with zero attached hydrogens (tertiary/aromatic N) is 1. The van der Waals surface area contributed by atoms with Crippen molar-refractivity contribution in [3.05, 3.63) is 42.0 Å². The third-order valence-electron chi connectivity index (χ3n) is 2.70. The van der Waals surface area contributed by atoms with Crippen LogP contribution >= 0.6 is 0 Å². The lowest BCUT2D eigenvalue weighted by molar-refractivity contribution is -0.140.